The Hall–Kier alpha value is -1.48. The molecule has 0 spiro atoms. The molecule has 0 aliphatic carbocycles. The Kier molecular flexibility index (Phi) is 7.76. The quantitative estimate of drug-likeness (QED) is 0.738. The maximum atomic E-state index is 12.3. The van der Waals surface area contributed by atoms with E-state index in [0.717, 1.165) is 0 Å². The van der Waals surface area contributed by atoms with Gasteiger partial charge in [-0.25, -0.2) is 13.1 Å². The van der Waals surface area contributed by atoms with Crippen molar-refractivity contribution in [3.8, 4) is 11.5 Å². The summed E-state index contributed by atoms with van der Waals surface area (Å²) in [6.45, 7) is 7.47. The van der Waals surface area contributed by atoms with Gasteiger partial charge in [0, 0.05) is 23.6 Å². The first-order chi connectivity index (χ1) is 11.6. The van der Waals surface area contributed by atoms with Crippen molar-refractivity contribution in [2.45, 2.75) is 51.4 Å². The molecule has 2 N–H and O–H groups in total. The van der Waals surface area contributed by atoms with Crippen LogP contribution in [0.15, 0.2) is 28.8 Å². The SMILES string of the molecule is CNC(C)Cc1noc(-c2cccc(CS(=O)(=O)NC(C)(C)C)c2)n1.Cl. The topological polar surface area (TPSA) is 97.1 Å². The van der Waals surface area contributed by atoms with E-state index in [9.17, 15) is 8.42 Å². The molecule has 0 saturated heterocycles. The molecule has 0 aliphatic heterocycles. The summed E-state index contributed by atoms with van der Waals surface area (Å²) in [6, 6.07) is 7.39. The molecule has 1 aromatic heterocycles. The van der Waals surface area contributed by atoms with Crippen molar-refractivity contribution < 1.29 is 12.9 Å². The van der Waals surface area contributed by atoms with Crippen LogP contribution in [0.5, 0.6) is 0 Å². The summed E-state index contributed by atoms with van der Waals surface area (Å²) in [6.07, 6.45) is 0.656. The lowest BCUT2D eigenvalue weighted by Gasteiger charge is -2.20. The molecule has 2 aromatic rings. The highest BCUT2D eigenvalue weighted by Gasteiger charge is 2.20. The number of nitrogens with one attached hydrogen (secondary N) is 2. The second-order valence-electron chi connectivity index (χ2n) is 7.22. The molecule has 26 heavy (non-hydrogen) atoms. The van der Waals surface area contributed by atoms with Crippen molar-refractivity contribution in [3.63, 3.8) is 0 Å². The molecular formula is C17H27ClN4O3S. The zero-order valence-electron chi connectivity index (χ0n) is 15.7. The van der Waals surface area contributed by atoms with Gasteiger partial charge in [0.2, 0.25) is 10.0 Å². The van der Waals surface area contributed by atoms with Crippen LogP contribution in [0.25, 0.3) is 11.5 Å². The molecule has 146 valence electrons. The summed E-state index contributed by atoms with van der Waals surface area (Å²) < 4.78 is 32.5. The van der Waals surface area contributed by atoms with Crippen molar-refractivity contribution >= 4 is 22.4 Å². The van der Waals surface area contributed by atoms with E-state index in [1.54, 1.807) is 18.2 Å². The number of hydrogen-bond acceptors (Lipinski definition) is 6. The van der Waals surface area contributed by atoms with E-state index in [1.807, 2.05) is 40.8 Å². The molecule has 7 nitrogen and oxygen atoms in total. The lowest BCUT2D eigenvalue weighted by molar-refractivity contribution is 0.418. The van der Waals surface area contributed by atoms with Crippen LogP contribution in [-0.2, 0) is 22.2 Å². The Labute approximate surface area is 161 Å². The summed E-state index contributed by atoms with van der Waals surface area (Å²) in [5.41, 5.74) is 0.860. The summed E-state index contributed by atoms with van der Waals surface area (Å²) >= 11 is 0. The van der Waals surface area contributed by atoms with Gasteiger partial charge in [-0.3, -0.25) is 0 Å². The van der Waals surface area contributed by atoms with Crippen molar-refractivity contribution in [1.29, 1.82) is 0 Å². The number of nitrogens with zero attached hydrogens (tertiary/aromatic N) is 2. The van der Waals surface area contributed by atoms with Crippen molar-refractivity contribution in [1.82, 2.24) is 20.2 Å². The van der Waals surface area contributed by atoms with E-state index in [-0.39, 0.29) is 24.2 Å². The Morgan fingerprint density at radius 2 is 1.96 bits per heavy atom. The minimum Gasteiger partial charge on any atom is -0.334 e. The zero-order chi connectivity index (χ0) is 18.7. The number of sulfonamides is 1. The summed E-state index contributed by atoms with van der Waals surface area (Å²) in [5.74, 6) is 0.904. The first kappa shape index (κ1) is 22.6. The van der Waals surface area contributed by atoms with Crippen molar-refractivity contribution in [3.05, 3.63) is 35.7 Å². The average Bonchev–Trinajstić information content (AvgIpc) is 2.92. The number of likely N-dealkylation sites (N-methyl/N-ethyl adjacent to an activating group) is 1. The Morgan fingerprint density at radius 1 is 1.27 bits per heavy atom. The highest BCUT2D eigenvalue weighted by atomic mass is 35.5. The smallest absolute Gasteiger partial charge is 0.257 e. The number of benzene rings is 1. The fourth-order valence-electron chi connectivity index (χ4n) is 2.35. The van der Waals surface area contributed by atoms with Gasteiger partial charge in [-0.05, 0) is 52.4 Å². The Bertz CT molecular complexity index is 815. The first-order valence-corrected chi connectivity index (χ1v) is 9.84. The fourth-order valence-corrected chi connectivity index (χ4v) is 3.97. The number of aromatic nitrogens is 2. The van der Waals surface area contributed by atoms with Gasteiger partial charge in [-0.1, -0.05) is 17.3 Å². The molecule has 2 rings (SSSR count). The van der Waals surface area contributed by atoms with Crippen LogP contribution >= 0.6 is 12.4 Å². The first-order valence-electron chi connectivity index (χ1n) is 8.19. The van der Waals surface area contributed by atoms with Crippen LogP contribution in [0.2, 0.25) is 0 Å². The van der Waals surface area contributed by atoms with E-state index in [2.05, 4.69) is 20.2 Å². The van der Waals surface area contributed by atoms with Gasteiger partial charge in [0.25, 0.3) is 5.89 Å². The molecule has 0 aliphatic rings. The van der Waals surface area contributed by atoms with Crippen molar-refractivity contribution in [2.75, 3.05) is 7.05 Å². The molecule has 1 atom stereocenters. The van der Waals surface area contributed by atoms with E-state index in [4.69, 9.17) is 4.52 Å². The molecular weight excluding hydrogens is 376 g/mol. The van der Waals surface area contributed by atoms with Crippen LogP contribution in [0.4, 0.5) is 0 Å². The molecule has 0 radical (unpaired) electrons. The van der Waals surface area contributed by atoms with Crippen LogP contribution in [0, 0.1) is 0 Å². The molecule has 0 fully saturated rings. The predicted octanol–water partition coefficient (Wildman–Crippen LogP) is 2.53. The minimum absolute atomic E-state index is 0. The van der Waals surface area contributed by atoms with Crippen LogP contribution in [0.3, 0.4) is 0 Å². The maximum Gasteiger partial charge on any atom is 0.257 e. The number of halogens is 1. The third-order valence-corrected chi connectivity index (χ3v) is 5.08. The Balaban J connectivity index is 0.00000338. The minimum atomic E-state index is -3.43. The van der Waals surface area contributed by atoms with Crippen molar-refractivity contribution in [2.24, 2.45) is 0 Å². The molecule has 1 unspecified atom stereocenters. The second-order valence-corrected chi connectivity index (χ2v) is 8.94. The van der Waals surface area contributed by atoms with Gasteiger partial charge in [0.15, 0.2) is 5.82 Å². The lowest BCUT2D eigenvalue weighted by atomic mass is 10.1. The highest BCUT2D eigenvalue weighted by molar-refractivity contribution is 7.88. The second kappa shape index (κ2) is 8.94. The molecule has 0 saturated carbocycles. The highest BCUT2D eigenvalue weighted by Crippen LogP contribution is 2.20. The normalized spacial score (nSPS) is 13.3. The lowest BCUT2D eigenvalue weighted by Crippen LogP contribution is -2.41. The zero-order valence-corrected chi connectivity index (χ0v) is 17.4. The molecule has 1 heterocycles. The van der Waals surface area contributed by atoms with Gasteiger partial charge in [-0.2, -0.15) is 4.98 Å². The van der Waals surface area contributed by atoms with E-state index in [1.165, 1.54) is 0 Å². The van der Waals surface area contributed by atoms with Crippen LogP contribution in [-0.4, -0.2) is 37.2 Å². The summed E-state index contributed by atoms with van der Waals surface area (Å²) in [5, 5.41) is 7.10. The van der Waals surface area contributed by atoms with Gasteiger partial charge in [-0.15, -0.1) is 12.4 Å². The third-order valence-electron chi connectivity index (χ3n) is 3.44. The number of hydrogen-bond donors (Lipinski definition) is 2. The van der Waals surface area contributed by atoms with Gasteiger partial charge in [0.05, 0.1) is 5.75 Å². The van der Waals surface area contributed by atoms with Gasteiger partial charge in [0.1, 0.15) is 0 Å². The monoisotopic (exact) mass is 402 g/mol. The summed E-state index contributed by atoms with van der Waals surface area (Å²) in [7, 11) is -1.55. The summed E-state index contributed by atoms with van der Waals surface area (Å²) in [4.78, 5) is 4.38. The maximum absolute atomic E-state index is 12.3. The van der Waals surface area contributed by atoms with Crippen LogP contribution < -0.4 is 10.0 Å². The fraction of sp³-hybridized carbons (Fsp3) is 0.529. The largest absolute Gasteiger partial charge is 0.334 e. The standard InChI is InChI=1S/C17H26N4O3S.ClH/c1-12(18-5)9-15-19-16(24-20-15)14-8-6-7-13(10-14)11-25(22,23)21-17(2,3)4;/h6-8,10,12,18,21H,9,11H2,1-5H3;1H. The number of rotatable bonds is 7. The van der Waals surface area contributed by atoms with E-state index >= 15 is 0 Å². The predicted molar refractivity (Wildman–Crippen MR) is 105 cm³/mol. The molecule has 0 bridgehead atoms. The van der Waals surface area contributed by atoms with Gasteiger partial charge >= 0.3 is 0 Å². The van der Waals surface area contributed by atoms with Gasteiger partial charge < -0.3 is 9.84 Å². The van der Waals surface area contributed by atoms with Crippen LogP contribution in [0.1, 0.15) is 39.1 Å². The van der Waals surface area contributed by atoms with E-state index < -0.39 is 15.6 Å². The van der Waals surface area contributed by atoms with E-state index in [0.29, 0.717) is 29.3 Å². The molecule has 1 aromatic carbocycles. The third kappa shape index (κ3) is 7.03. The molecule has 0 amide bonds. The average molecular weight is 403 g/mol. The molecule has 9 heteroatoms. The Morgan fingerprint density at radius 3 is 2.58 bits per heavy atom.